The summed E-state index contributed by atoms with van der Waals surface area (Å²) in [6.07, 6.45) is 9.15. The van der Waals surface area contributed by atoms with E-state index in [4.69, 9.17) is 4.74 Å². The molecular weight excluding hydrogens is 248 g/mol. The van der Waals surface area contributed by atoms with Crippen LogP contribution in [0.25, 0.3) is 6.08 Å². The second-order valence-electron chi connectivity index (χ2n) is 5.83. The number of nitrogens with one attached hydrogen (secondary N) is 1. The van der Waals surface area contributed by atoms with Gasteiger partial charge in [-0.2, -0.15) is 0 Å². The van der Waals surface area contributed by atoms with Gasteiger partial charge in [-0.15, -0.1) is 0 Å². The van der Waals surface area contributed by atoms with Crippen LogP contribution >= 0.6 is 0 Å². The van der Waals surface area contributed by atoms with Crippen molar-refractivity contribution in [1.82, 2.24) is 10.3 Å². The summed E-state index contributed by atoms with van der Waals surface area (Å²) >= 11 is 0. The van der Waals surface area contributed by atoms with Crippen LogP contribution < -0.4 is 10.1 Å². The van der Waals surface area contributed by atoms with Crippen LogP contribution in [-0.2, 0) is 0 Å². The van der Waals surface area contributed by atoms with E-state index in [0.29, 0.717) is 6.04 Å². The van der Waals surface area contributed by atoms with E-state index in [1.807, 2.05) is 13.1 Å². The molecule has 1 atom stereocenters. The summed E-state index contributed by atoms with van der Waals surface area (Å²) in [5.74, 6) is 0.954. The number of nitrogens with zero attached hydrogens (tertiary/aromatic N) is 1. The summed E-state index contributed by atoms with van der Waals surface area (Å²) < 4.78 is 5.47. The van der Waals surface area contributed by atoms with E-state index in [0.717, 1.165) is 35.5 Å². The van der Waals surface area contributed by atoms with Gasteiger partial charge < -0.3 is 10.1 Å². The molecule has 3 nitrogen and oxygen atoms in total. The van der Waals surface area contributed by atoms with Gasteiger partial charge in [-0.3, -0.25) is 4.98 Å². The zero-order valence-electron chi connectivity index (χ0n) is 13.1. The number of piperidine rings is 1. The maximum Gasteiger partial charge on any atom is 0.128 e. The smallest absolute Gasteiger partial charge is 0.128 e. The van der Waals surface area contributed by atoms with Crippen molar-refractivity contribution < 1.29 is 4.74 Å². The maximum absolute atomic E-state index is 5.47. The van der Waals surface area contributed by atoms with E-state index in [2.05, 4.69) is 30.2 Å². The van der Waals surface area contributed by atoms with Crippen LogP contribution in [0, 0.1) is 13.8 Å². The maximum atomic E-state index is 5.47. The van der Waals surface area contributed by atoms with Crippen LogP contribution in [0.1, 0.15) is 49.4 Å². The zero-order chi connectivity index (χ0) is 14.5. The van der Waals surface area contributed by atoms with Crippen LogP contribution in [0.15, 0.2) is 11.8 Å². The van der Waals surface area contributed by atoms with Crippen molar-refractivity contribution in [2.45, 2.75) is 52.5 Å². The zero-order valence-corrected chi connectivity index (χ0v) is 13.1. The first-order valence-electron chi connectivity index (χ1n) is 7.52. The Hall–Kier alpha value is -1.35. The lowest BCUT2D eigenvalue weighted by Gasteiger charge is -2.23. The first kappa shape index (κ1) is 15.0. The standard InChI is InChI=1S/C17H26N2O/c1-12(9-15-7-5-6-8-18-15)10-16-14(3)17(20-4)13(2)11-19-16/h10-11,15,18H,5-9H2,1-4H3/b12-10-. The van der Waals surface area contributed by atoms with Gasteiger partial charge in [0.05, 0.1) is 12.8 Å². The van der Waals surface area contributed by atoms with Crippen LogP contribution in [0.3, 0.4) is 0 Å². The van der Waals surface area contributed by atoms with Crippen LogP contribution in [-0.4, -0.2) is 24.7 Å². The third-order valence-electron chi connectivity index (χ3n) is 4.05. The number of methoxy groups -OCH3 is 1. The second kappa shape index (κ2) is 6.89. The number of rotatable bonds is 4. The average Bonchev–Trinajstić information content (AvgIpc) is 2.44. The van der Waals surface area contributed by atoms with Gasteiger partial charge in [0.25, 0.3) is 0 Å². The lowest BCUT2D eigenvalue weighted by atomic mass is 9.97. The molecule has 1 aromatic rings. The molecule has 1 saturated heterocycles. The Balaban J connectivity index is 2.13. The number of pyridine rings is 1. The van der Waals surface area contributed by atoms with Crippen molar-refractivity contribution in [3.63, 3.8) is 0 Å². The van der Waals surface area contributed by atoms with Gasteiger partial charge in [-0.05, 0) is 52.7 Å². The van der Waals surface area contributed by atoms with Gasteiger partial charge in [-0.25, -0.2) is 0 Å². The topological polar surface area (TPSA) is 34.1 Å². The van der Waals surface area contributed by atoms with Crippen LogP contribution in [0.4, 0.5) is 0 Å². The molecule has 0 radical (unpaired) electrons. The molecule has 1 N–H and O–H groups in total. The number of hydrogen-bond acceptors (Lipinski definition) is 3. The monoisotopic (exact) mass is 274 g/mol. The van der Waals surface area contributed by atoms with Crippen LogP contribution in [0.5, 0.6) is 5.75 Å². The summed E-state index contributed by atoms with van der Waals surface area (Å²) in [7, 11) is 1.72. The van der Waals surface area contributed by atoms with Gasteiger partial charge in [0.1, 0.15) is 5.75 Å². The molecule has 0 amide bonds. The minimum Gasteiger partial charge on any atom is -0.496 e. The lowest BCUT2D eigenvalue weighted by molar-refractivity contribution is 0.399. The van der Waals surface area contributed by atoms with Gasteiger partial charge in [0.2, 0.25) is 0 Å². The minimum atomic E-state index is 0.632. The first-order chi connectivity index (χ1) is 9.61. The SMILES string of the molecule is COc1c(C)cnc(/C=C(/C)CC2CCCCN2)c1C. The Kier molecular flexibility index (Phi) is 5.18. The molecule has 0 aliphatic carbocycles. The van der Waals surface area contributed by atoms with Gasteiger partial charge in [0, 0.05) is 23.4 Å². The van der Waals surface area contributed by atoms with E-state index in [-0.39, 0.29) is 0 Å². The third kappa shape index (κ3) is 3.60. The molecule has 2 heterocycles. The van der Waals surface area contributed by atoms with Crippen LogP contribution in [0.2, 0.25) is 0 Å². The largest absolute Gasteiger partial charge is 0.496 e. The van der Waals surface area contributed by atoms with Crippen molar-refractivity contribution in [2.75, 3.05) is 13.7 Å². The number of ether oxygens (including phenoxy) is 1. The van der Waals surface area contributed by atoms with E-state index < -0.39 is 0 Å². The summed E-state index contributed by atoms with van der Waals surface area (Å²) in [6, 6.07) is 0.632. The predicted molar refractivity (Wildman–Crippen MR) is 84.2 cm³/mol. The quantitative estimate of drug-likeness (QED) is 0.910. The fourth-order valence-electron chi connectivity index (χ4n) is 2.97. The highest BCUT2D eigenvalue weighted by Gasteiger charge is 2.13. The molecule has 1 unspecified atom stereocenters. The predicted octanol–water partition coefficient (Wildman–Crippen LogP) is 3.64. The molecule has 0 spiro atoms. The second-order valence-corrected chi connectivity index (χ2v) is 5.83. The van der Waals surface area contributed by atoms with Crippen molar-refractivity contribution >= 4 is 6.08 Å². The molecule has 0 aromatic carbocycles. The van der Waals surface area contributed by atoms with Gasteiger partial charge >= 0.3 is 0 Å². The number of aromatic nitrogens is 1. The molecule has 1 aliphatic rings. The number of aryl methyl sites for hydroxylation is 1. The Labute approximate surface area is 122 Å². The first-order valence-corrected chi connectivity index (χ1v) is 7.52. The molecule has 0 saturated carbocycles. The molecule has 2 rings (SSSR count). The van der Waals surface area contributed by atoms with Gasteiger partial charge in [0.15, 0.2) is 0 Å². The fourth-order valence-corrected chi connectivity index (χ4v) is 2.97. The van der Waals surface area contributed by atoms with Crippen molar-refractivity contribution in [1.29, 1.82) is 0 Å². The molecule has 0 bridgehead atoms. The van der Waals surface area contributed by atoms with Crippen molar-refractivity contribution in [2.24, 2.45) is 0 Å². The average molecular weight is 274 g/mol. The normalized spacial score (nSPS) is 20.0. The third-order valence-corrected chi connectivity index (χ3v) is 4.05. The molecular formula is C17H26N2O. The van der Waals surface area contributed by atoms with E-state index in [1.54, 1.807) is 7.11 Å². The Bertz CT molecular complexity index is 488. The number of hydrogen-bond donors (Lipinski definition) is 1. The Morgan fingerprint density at radius 2 is 2.25 bits per heavy atom. The molecule has 20 heavy (non-hydrogen) atoms. The summed E-state index contributed by atoms with van der Waals surface area (Å²) in [6.45, 7) is 7.47. The minimum absolute atomic E-state index is 0.632. The van der Waals surface area contributed by atoms with Crippen molar-refractivity contribution in [3.05, 3.63) is 28.6 Å². The molecule has 3 heteroatoms. The highest BCUT2D eigenvalue weighted by atomic mass is 16.5. The molecule has 1 fully saturated rings. The fraction of sp³-hybridized carbons (Fsp3) is 0.588. The van der Waals surface area contributed by atoms with E-state index >= 15 is 0 Å². The molecule has 1 aliphatic heterocycles. The van der Waals surface area contributed by atoms with E-state index in [1.165, 1.54) is 24.8 Å². The van der Waals surface area contributed by atoms with E-state index in [9.17, 15) is 0 Å². The summed E-state index contributed by atoms with van der Waals surface area (Å²) in [5, 5.41) is 3.60. The Morgan fingerprint density at radius 1 is 1.45 bits per heavy atom. The summed E-state index contributed by atoms with van der Waals surface area (Å²) in [4.78, 5) is 4.54. The van der Waals surface area contributed by atoms with Gasteiger partial charge in [-0.1, -0.05) is 12.0 Å². The lowest BCUT2D eigenvalue weighted by Crippen LogP contribution is -2.33. The highest BCUT2D eigenvalue weighted by Crippen LogP contribution is 2.26. The summed E-state index contributed by atoms with van der Waals surface area (Å²) in [5.41, 5.74) is 4.63. The van der Waals surface area contributed by atoms with Crippen molar-refractivity contribution in [3.8, 4) is 5.75 Å². The Morgan fingerprint density at radius 3 is 2.90 bits per heavy atom. The highest BCUT2D eigenvalue weighted by molar-refractivity contribution is 5.57. The molecule has 110 valence electrons. The molecule has 1 aromatic heterocycles.